The molecule has 0 unspecified atom stereocenters. The Labute approximate surface area is 167 Å². The summed E-state index contributed by atoms with van der Waals surface area (Å²) < 4.78 is 23.8. The normalized spacial score (nSPS) is 11.6. The fourth-order valence-corrected chi connectivity index (χ4v) is 2.18. The molecule has 7 nitrogen and oxygen atoms in total. The van der Waals surface area contributed by atoms with E-state index in [1.165, 1.54) is 24.3 Å². The summed E-state index contributed by atoms with van der Waals surface area (Å²) in [4.78, 5) is 38.7. The second kappa shape index (κ2) is 9.09. The molecule has 0 aliphatic rings. The summed E-state index contributed by atoms with van der Waals surface area (Å²) in [5.74, 6) is -1.16. The molecule has 2 rings (SSSR count). The van der Waals surface area contributed by atoms with Crippen molar-refractivity contribution in [3.63, 3.8) is 0 Å². The molecule has 2 aromatic carbocycles. The van der Waals surface area contributed by atoms with Gasteiger partial charge in [0.05, 0.1) is 16.8 Å². The summed E-state index contributed by atoms with van der Waals surface area (Å²) in [7, 11) is 0. The number of carbonyl (C=O) groups excluding carboxylic acids is 3. The summed E-state index contributed by atoms with van der Waals surface area (Å²) in [5.41, 5.74) is -0.0245. The van der Waals surface area contributed by atoms with Crippen molar-refractivity contribution < 1.29 is 28.2 Å². The highest BCUT2D eigenvalue weighted by Crippen LogP contribution is 2.19. The lowest BCUT2D eigenvalue weighted by Gasteiger charge is -2.19. The summed E-state index contributed by atoms with van der Waals surface area (Å²) >= 11 is 0. The van der Waals surface area contributed by atoms with Gasteiger partial charge in [-0.2, -0.15) is 0 Å². The fourth-order valence-electron chi connectivity index (χ4n) is 2.18. The first-order valence-corrected chi connectivity index (χ1v) is 8.69. The van der Waals surface area contributed by atoms with E-state index >= 15 is 0 Å². The largest absolute Gasteiger partial charge is 0.444 e. The Morgan fingerprint density at radius 3 is 2.31 bits per heavy atom. The van der Waals surface area contributed by atoms with Crippen LogP contribution >= 0.6 is 0 Å². The number of amides is 1. The highest BCUT2D eigenvalue weighted by Gasteiger charge is 2.16. The molecule has 0 saturated carbocycles. The van der Waals surface area contributed by atoms with Crippen molar-refractivity contribution in [2.75, 3.05) is 0 Å². The molecule has 0 spiro atoms. The lowest BCUT2D eigenvalue weighted by atomic mass is 10.2. The van der Waals surface area contributed by atoms with Crippen molar-refractivity contribution in [2.45, 2.75) is 33.3 Å². The van der Waals surface area contributed by atoms with Gasteiger partial charge in [-0.05, 0) is 64.1 Å². The SMILES string of the molecule is CC(=Nc1ccc(C(=O)Oc2ccc(C=O)c(F)c2)cc1)NC(=O)OC(C)(C)C. The van der Waals surface area contributed by atoms with E-state index in [0.29, 0.717) is 17.8 Å². The number of aldehydes is 1. The Morgan fingerprint density at radius 2 is 1.76 bits per heavy atom. The molecule has 0 aliphatic heterocycles. The number of benzene rings is 2. The van der Waals surface area contributed by atoms with Crippen LogP contribution in [0.1, 0.15) is 48.4 Å². The van der Waals surface area contributed by atoms with Crippen LogP contribution in [0.15, 0.2) is 47.5 Å². The van der Waals surface area contributed by atoms with Gasteiger partial charge in [-0.3, -0.25) is 10.1 Å². The maximum Gasteiger partial charge on any atom is 0.413 e. The molecule has 1 amide bonds. The van der Waals surface area contributed by atoms with Crippen LogP contribution in [-0.4, -0.2) is 29.8 Å². The Balaban J connectivity index is 2.01. The van der Waals surface area contributed by atoms with Gasteiger partial charge in [0.2, 0.25) is 0 Å². The second-order valence-electron chi connectivity index (χ2n) is 7.06. The minimum Gasteiger partial charge on any atom is -0.444 e. The number of ether oxygens (including phenoxy) is 2. The number of hydrogen-bond donors (Lipinski definition) is 1. The van der Waals surface area contributed by atoms with Gasteiger partial charge < -0.3 is 9.47 Å². The predicted octanol–water partition coefficient (Wildman–Crippen LogP) is 4.43. The van der Waals surface area contributed by atoms with Crippen LogP contribution in [0.3, 0.4) is 0 Å². The molecule has 0 aromatic heterocycles. The van der Waals surface area contributed by atoms with E-state index in [2.05, 4.69) is 10.3 Å². The van der Waals surface area contributed by atoms with E-state index in [9.17, 15) is 18.8 Å². The van der Waals surface area contributed by atoms with E-state index < -0.39 is 23.5 Å². The van der Waals surface area contributed by atoms with Crippen molar-refractivity contribution in [3.05, 3.63) is 59.4 Å². The zero-order valence-corrected chi connectivity index (χ0v) is 16.5. The minimum atomic E-state index is -0.775. The molecule has 0 bridgehead atoms. The molecular weight excluding hydrogens is 379 g/mol. The number of alkyl carbamates (subject to hydrolysis) is 1. The zero-order valence-electron chi connectivity index (χ0n) is 16.5. The average Bonchev–Trinajstić information content (AvgIpc) is 2.60. The van der Waals surface area contributed by atoms with E-state index in [-0.39, 0.29) is 16.9 Å². The zero-order chi connectivity index (χ0) is 21.6. The topological polar surface area (TPSA) is 94.1 Å². The Bertz CT molecular complexity index is 947. The lowest BCUT2D eigenvalue weighted by Crippen LogP contribution is -2.35. The summed E-state index contributed by atoms with van der Waals surface area (Å²) in [6.45, 7) is 6.86. The smallest absolute Gasteiger partial charge is 0.413 e. The maximum atomic E-state index is 13.6. The number of carbonyl (C=O) groups is 3. The lowest BCUT2D eigenvalue weighted by molar-refractivity contribution is 0.0562. The molecular formula is C21H21FN2O5. The van der Waals surface area contributed by atoms with Crippen LogP contribution in [0.5, 0.6) is 5.75 Å². The van der Waals surface area contributed by atoms with Crippen LogP contribution in [0.2, 0.25) is 0 Å². The molecule has 8 heteroatoms. The summed E-state index contributed by atoms with van der Waals surface area (Å²) in [6, 6.07) is 9.61. The highest BCUT2D eigenvalue weighted by atomic mass is 19.1. The molecule has 1 N–H and O–H groups in total. The third-order valence-corrected chi connectivity index (χ3v) is 3.39. The summed E-state index contributed by atoms with van der Waals surface area (Å²) in [6.07, 6.45) is -0.244. The number of aliphatic imine (C=N–C) groups is 1. The number of amidine groups is 1. The van der Waals surface area contributed by atoms with Gasteiger partial charge in [0.1, 0.15) is 23.0 Å². The standard InChI is InChI=1S/C21H21FN2O5/c1-13(24-20(27)29-21(2,3)4)23-16-8-5-14(6-9-16)19(26)28-17-10-7-15(12-25)18(22)11-17/h5-12H,1-4H3,(H,23,24,27). The first-order valence-electron chi connectivity index (χ1n) is 8.69. The van der Waals surface area contributed by atoms with Gasteiger partial charge in [0, 0.05) is 6.07 Å². The van der Waals surface area contributed by atoms with Crippen molar-refractivity contribution in [3.8, 4) is 5.75 Å². The highest BCUT2D eigenvalue weighted by molar-refractivity contribution is 5.95. The van der Waals surface area contributed by atoms with Crippen molar-refractivity contribution in [2.24, 2.45) is 4.99 Å². The number of nitrogens with zero attached hydrogens (tertiary/aromatic N) is 1. The second-order valence-corrected chi connectivity index (χ2v) is 7.06. The van der Waals surface area contributed by atoms with Gasteiger partial charge in [-0.25, -0.2) is 19.0 Å². The van der Waals surface area contributed by atoms with Crippen molar-refractivity contribution in [1.82, 2.24) is 5.32 Å². The molecule has 0 aliphatic carbocycles. The van der Waals surface area contributed by atoms with E-state index in [1.807, 2.05) is 0 Å². The van der Waals surface area contributed by atoms with Gasteiger partial charge in [-0.1, -0.05) is 0 Å². The fraction of sp³-hybridized carbons (Fsp3) is 0.238. The third-order valence-electron chi connectivity index (χ3n) is 3.39. The first-order chi connectivity index (χ1) is 13.6. The monoisotopic (exact) mass is 400 g/mol. The average molecular weight is 400 g/mol. The Morgan fingerprint density at radius 1 is 1.10 bits per heavy atom. The first kappa shape index (κ1) is 21.7. The molecule has 0 fully saturated rings. The number of esters is 1. The maximum absolute atomic E-state index is 13.6. The van der Waals surface area contributed by atoms with E-state index in [0.717, 1.165) is 6.07 Å². The minimum absolute atomic E-state index is 0.0161. The van der Waals surface area contributed by atoms with Crippen LogP contribution in [0.25, 0.3) is 0 Å². The molecule has 0 radical (unpaired) electrons. The quantitative estimate of drug-likeness (QED) is 0.269. The number of rotatable bonds is 4. The van der Waals surface area contributed by atoms with Gasteiger partial charge in [0.15, 0.2) is 6.29 Å². The van der Waals surface area contributed by atoms with Crippen LogP contribution in [0.4, 0.5) is 14.9 Å². The Kier molecular flexibility index (Phi) is 6.82. The molecule has 152 valence electrons. The van der Waals surface area contributed by atoms with E-state index in [1.54, 1.807) is 39.8 Å². The number of nitrogens with one attached hydrogen (secondary N) is 1. The third kappa shape index (κ3) is 6.84. The molecule has 2 aromatic rings. The molecule has 0 atom stereocenters. The number of halogens is 1. The predicted molar refractivity (Wildman–Crippen MR) is 105 cm³/mol. The molecule has 0 saturated heterocycles. The van der Waals surface area contributed by atoms with Gasteiger partial charge >= 0.3 is 12.1 Å². The van der Waals surface area contributed by atoms with Crippen molar-refractivity contribution in [1.29, 1.82) is 0 Å². The van der Waals surface area contributed by atoms with Crippen LogP contribution < -0.4 is 10.1 Å². The molecule has 0 heterocycles. The van der Waals surface area contributed by atoms with Crippen LogP contribution in [-0.2, 0) is 4.74 Å². The van der Waals surface area contributed by atoms with Crippen molar-refractivity contribution >= 4 is 29.9 Å². The van der Waals surface area contributed by atoms with Crippen LogP contribution in [0, 0.1) is 5.82 Å². The molecule has 29 heavy (non-hydrogen) atoms. The number of hydrogen-bond acceptors (Lipinski definition) is 6. The Hall–Kier alpha value is -3.55. The van der Waals surface area contributed by atoms with Gasteiger partial charge in [-0.15, -0.1) is 0 Å². The van der Waals surface area contributed by atoms with E-state index in [4.69, 9.17) is 9.47 Å². The van der Waals surface area contributed by atoms with Gasteiger partial charge in [0.25, 0.3) is 0 Å². The summed E-state index contributed by atoms with van der Waals surface area (Å²) in [5, 5.41) is 2.51.